The smallest absolute Gasteiger partial charge is 0.306 e. The predicted molar refractivity (Wildman–Crippen MR) is 117 cm³/mol. The van der Waals surface area contributed by atoms with Gasteiger partial charge in [0.2, 0.25) is 5.91 Å². The van der Waals surface area contributed by atoms with E-state index in [-0.39, 0.29) is 25.9 Å². The van der Waals surface area contributed by atoms with Crippen molar-refractivity contribution in [1.29, 1.82) is 0 Å². The van der Waals surface area contributed by atoms with Gasteiger partial charge < -0.3 is 29.6 Å². The van der Waals surface area contributed by atoms with Crippen molar-refractivity contribution in [1.82, 2.24) is 4.90 Å². The quantitative estimate of drug-likeness (QED) is 0.339. The fourth-order valence-electron chi connectivity index (χ4n) is 3.53. The van der Waals surface area contributed by atoms with Crippen molar-refractivity contribution in [2.24, 2.45) is 5.73 Å². The number of carbonyl (C=O) groups excluding carboxylic acids is 4. The van der Waals surface area contributed by atoms with Crippen LogP contribution < -0.4 is 5.73 Å². The fraction of sp³-hybridized carbons (Fsp3) is 0.652. The van der Waals surface area contributed by atoms with Crippen LogP contribution in [-0.4, -0.2) is 59.9 Å². The topological polar surface area (TPSA) is 134 Å². The molecule has 2 N–H and O–H groups in total. The van der Waals surface area contributed by atoms with Crippen LogP contribution in [0.15, 0.2) is 24.0 Å². The van der Waals surface area contributed by atoms with E-state index in [1.807, 2.05) is 20.8 Å². The summed E-state index contributed by atoms with van der Waals surface area (Å²) >= 11 is 0. The van der Waals surface area contributed by atoms with Gasteiger partial charge in [-0.25, -0.2) is 0 Å². The van der Waals surface area contributed by atoms with Gasteiger partial charge in [-0.1, -0.05) is 26.8 Å². The first-order valence-corrected chi connectivity index (χ1v) is 11.4. The molecule has 0 bridgehead atoms. The van der Waals surface area contributed by atoms with Crippen LogP contribution >= 0.6 is 0 Å². The number of nitrogens with zero attached hydrogens (tertiary/aromatic N) is 1. The van der Waals surface area contributed by atoms with Crippen LogP contribution in [0.3, 0.4) is 0 Å². The van der Waals surface area contributed by atoms with Gasteiger partial charge >= 0.3 is 17.9 Å². The summed E-state index contributed by atoms with van der Waals surface area (Å²) in [6.07, 6.45) is 3.85. The normalized spacial score (nSPS) is 24.2. The number of allylic oxidation sites excluding steroid dienone is 1. The van der Waals surface area contributed by atoms with E-state index >= 15 is 0 Å². The monoisotopic (exact) mass is 466 g/mol. The van der Waals surface area contributed by atoms with Crippen molar-refractivity contribution in [2.75, 3.05) is 6.61 Å². The lowest BCUT2D eigenvalue weighted by atomic mass is 10.1. The molecule has 0 saturated carbocycles. The number of carbonyl (C=O) groups is 4. The highest BCUT2D eigenvalue weighted by atomic mass is 16.7. The van der Waals surface area contributed by atoms with Crippen LogP contribution in [-0.2, 0) is 38.1 Å². The lowest BCUT2D eigenvalue weighted by Crippen LogP contribution is -2.45. The first kappa shape index (κ1) is 26.4. The SMILES string of the molecule is CCCC(=O)OCC1OC(N2C=CCC(C(N)=O)=C2)C(OC(=O)CCC)[C@@H]1OC(=O)CCC. The second kappa shape index (κ2) is 13.0. The maximum absolute atomic E-state index is 12.4. The van der Waals surface area contributed by atoms with Gasteiger partial charge in [0.05, 0.1) is 0 Å². The van der Waals surface area contributed by atoms with E-state index in [9.17, 15) is 19.2 Å². The predicted octanol–water partition coefficient (Wildman–Crippen LogP) is 2.07. The highest BCUT2D eigenvalue weighted by Gasteiger charge is 2.52. The molecule has 2 heterocycles. The van der Waals surface area contributed by atoms with E-state index in [1.54, 1.807) is 17.2 Å². The summed E-state index contributed by atoms with van der Waals surface area (Å²) in [5.41, 5.74) is 5.77. The third-order valence-corrected chi connectivity index (χ3v) is 5.12. The van der Waals surface area contributed by atoms with Crippen molar-refractivity contribution >= 4 is 23.8 Å². The molecule has 2 aliphatic rings. The zero-order valence-corrected chi connectivity index (χ0v) is 19.5. The Morgan fingerprint density at radius 1 is 0.970 bits per heavy atom. The summed E-state index contributed by atoms with van der Waals surface area (Å²) in [7, 11) is 0. The Hall–Kier alpha value is -2.88. The van der Waals surface area contributed by atoms with Gasteiger partial charge in [0, 0.05) is 37.2 Å². The molecule has 3 unspecified atom stereocenters. The van der Waals surface area contributed by atoms with Crippen LogP contribution in [0.25, 0.3) is 0 Å². The molecule has 2 aliphatic heterocycles. The van der Waals surface area contributed by atoms with Gasteiger partial charge in [-0.15, -0.1) is 0 Å². The molecule has 1 saturated heterocycles. The van der Waals surface area contributed by atoms with Gasteiger partial charge in [-0.2, -0.15) is 0 Å². The Labute approximate surface area is 194 Å². The zero-order valence-electron chi connectivity index (χ0n) is 19.5. The summed E-state index contributed by atoms with van der Waals surface area (Å²) in [6.45, 7) is 5.36. The van der Waals surface area contributed by atoms with Gasteiger partial charge in [0.1, 0.15) is 12.7 Å². The summed E-state index contributed by atoms with van der Waals surface area (Å²) in [6, 6.07) is 0. The number of hydrogen-bond donors (Lipinski definition) is 1. The van der Waals surface area contributed by atoms with Gasteiger partial charge in [-0.3, -0.25) is 19.2 Å². The van der Waals surface area contributed by atoms with E-state index in [1.165, 1.54) is 6.20 Å². The van der Waals surface area contributed by atoms with Crippen LogP contribution in [0, 0.1) is 0 Å². The highest BCUT2D eigenvalue weighted by molar-refractivity contribution is 5.92. The van der Waals surface area contributed by atoms with E-state index in [4.69, 9.17) is 24.7 Å². The molecular formula is C23H34N2O8. The summed E-state index contributed by atoms with van der Waals surface area (Å²) in [5.74, 6) is -1.94. The Morgan fingerprint density at radius 3 is 2.12 bits per heavy atom. The fourth-order valence-corrected chi connectivity index (χ4v) is 3.53. The van der Waals surface area contributed by atoms with E-state index in [2.05, 4.69) is 0 Å². The minimum atomic E-state index is -1.01. The molecule has 0 spiro atoms. The van der Waals surface area contributed by atoms with Gasteiger partial charge in [0.25, 0.3) is 0 Å². The molecule has 184 valence electrons. The molecule has 0 aromatic rings. The first-order chi connectivity index (χ1) is 15.8. The molecule has 10 nitrogen and oxygen atoms in total. The van der Waals surface area contributed by atoms with Crippen LogP contribution in [0.1, 0.15) is 65.7 Å². The number of nitrogens with two attached hydrogens (primary N) is 1. The largest absolute Gasteiger partial charge is 0.463 e. The Morgan fingerprint density at radius 2 is 1.55 bits per heavy atom. The zero-order chi connectivity index (χ0) is 24.4. The van der Waals surface area contributed by atoms with Crippen molar-refractivity contribution < 1.29 is 38.1 Å². The van der Waals surface area contributed by atoms with Crippen molar-refractivity contribution in [3.05, 3.63) is 24.0 Å². The number of ether oxygens (including phenoxy) is 4. The lowest BCUT2D eigenvalue weighted by Gasteiger charge is -2.31. The summed E-state index contributed by atoms with van der Waals surface area (Å²) in [5, 5.41) is 0. The molecule has 4 atom stereocenters. The molecule has 0 aromatic carbocycles. The third-order valence-electron chi connectivity index (χ3n) is 5.12. The van der Waals surface area contributed by atoms with E-state index in [0.29, 0.717) is 31.3 Å². The molecule has 2 rings (SSSR count). The highest BCUT2D eigenvalue weighted by Crippen LogP contribution is 2.32. The first-order valence-electron chi connectivity index (χ1n) is 11.4. The van der Waals surface area contributed by atoms with Gasteiger partial charge in [-0.05, 0) is 25.7 Å². The molecule has 1 fully saturated rings. The molecule has 10 heteroatoms. The van der Waals surface area contributed by atoms with Crippen LogP contribution in [0.5, 0.6) is 0 Å². The summed E-state index contributed by atoms with van der Waals surface area (Å²) < 4.78 is 22.7. The number of primary amides is 1. The molecule has 0 radical (unpaired) electrons. The standard InChI is InChI=1S/C23H34N2O8/c1-4-8-17(26)30-14-16-20(32-18(27)9-5-2)21(33-19(28)10-6-3)23(31-16)25-12-7-11-15(13-25)22(24)29/h7,12-13,16,20-21,23H,4-6,8-11,14H2,1-3H3,(H2,24,29)/t16?,20-,21?,23?/m1/s1. The second-order valence-corrected chi connectivity index (χ2v) is 7.96. The molecule has 1 amide bonds. The molecular weight excluding hydrogens is 432 g/mol. The van der Waals surface area contributed by atoms with Crippen LogP contribution in [0.4, 0.5) is 0 Å². The number of esters is 3. The minimum Gasteiger partial charge on any atom is -0.463 e. The number of rotatable bonds is 12. The lowest BCUT2D eigenvalue weighted by molar-refractivity contribution is -0.169. The molecule has 33 heavy (non-hydrogen) atoms. The maximum Gasteiger partial charge on any atom is 0.306 e. The average molecular weight is 467 g/mol. The van der Waals surface area contributed by atoms with Crippen molar-refractivity contribution in [2.45, 2.75) is 90.3 Å². The van der Waals surface area contributed by atoms with E-state index in [0.717, 1.165) is 0 Å². The number of hydrogen-bond acceptors (Lipinski definition) is 9. The minimum absolute atomic E-state index is 0.174. The molecule has 0 aromatic heterocycles. The Kier molecular flexibility index (Phi) is 10.4. The average Bonchev–Trinajstić information content (AvgIpc) is 3.09. The van der Waals surface area contributed by atoms with Crippen molar-refractivity contribution in [3.63, 3.8) is 0 Å². The second-order valence-electron chi connectivity index (χ2n) is 7.96. The van der Waals surface area contributed by atoms with Crippen molar-refractivity contribution in [3.8, 4) is 0 Å². The number of amides is 1. The maximum atomic E-state index is 12.4. The molecule has 0 aliphatic carbocycles. The van der Waals surface area contributed by atoms with Gasteiger partial charge in [0.15, 0.2) is 18.4 Å². The third kappa shape index (κ3) is 7.59. The van der Waals surface area contributed by atoms with E-state index < -0.39 is 48.4 Å². The van der Waals surface area contributed by atoms with Crippen LogP contribution in [0.2, 0.25) is 0 Å². The summed E-state index contributed by atoms with van der Waals surface area (Å²) in [4.78, 5) is 49.9. The Balaban J connectivity index is 2.33. The Bertz CT molecular complexity index is 778.